The van der Waals surface area contributed by atoms with Gasteiger partial charge in [-0.1, -0.05) is 31.0 Å². The van der Waals surface area contributed by atoms with Gasteiger partial charge in [0.1, 0.15) is 0 Å². The maximum Gasteiger partial charge on any atom is 0.338 e. The lowest BCUT2D eigenvalue weighted by Gasteiger charge is -2.11. The summed E-state index contributed by atoms with van der Waals surface area (Å²) >= 11 is 0. The number of hydrogen-bond acceptors (Lipinski definition) is 3. The van der Waals surface area contributed by atoms with Crippen LogP contribution in [-0.4, -0.2) is 18.9 Å². The van der Waals surface area contributed by atoms with Crippen molar-refractivity contribution in [2.45, 2.75) is 25.7 Å². The molecule has 0 amide bonds. The van der Waals surface area contributed by atoms with E-state index in [2.05, 4.69) is 0 Å². The zero-order valence-electron chi connectivity index (χ0n) is 9.94. The Morgan fingerprint density at radius 2 is 1.71 bits per heavy atom. The van der Waals surface area contributed by atoms with Gasteiger partial charge in [0.15, 0.2) is 5.78 Å². The summed E-state index contributed by atoms with van der Waals surface area (Å²) in [7, 11) is 1.33. The molecule has 1 aliphatic rings. The molecule has 0 saturated heterocycles. The van der Waals surface area contributed by atoms with Crippen LogP contribution in [0.2, 0.25) is 0 Å². The molecule has 1 aromatic carbocycles. The number of carbonyl (C=O) groups is 2. The first kappa shape index (κ1) is 11.8. The van der Waals surface area contributed by atoms with Crippen LogP contribution in [-0.2, 0) is 4.74 Å². The average Bonchev–Trinajstić information content (AvgIpc) is 2.91. The van der Waals surface area contributed by atoms with E-state index in [-0.39, 0.29) is 11.7 Å². The molecule has 1 saturated carbocycles. The summed E-state index contributed by atoms with van der Waals surface area (Å²) in [5.74, 6) is -0.267. The molecule has 0 aromatic heterocycles. The largest absolute Gasteiger partial charge is 0.465 e. The third-order valence-electron chi connectivity index (χ3n) is 3.32. The summed E-state index contributed by atoms with van der Waals surface area (Å²) in [6, 6.07) is 6.90. The topological polar surface area (TPSA) is 43.4 Å². The lowest BCUT2D eigenvalue weighted by atomic mass is 9.93. The van der Waals surface area contributed by atoms with Gasteiger partial charge < -0.3 is 4.74 Å². The van der Waals surface area contributed by atoms with Crippen LogP contribution < -0.4 is 0 Å². The molecule has 0 heterocycles. The minimum atomic E-state index is -0.438. The molecule has 90 valence electrons. The van der Waals surface area contributed by atoms with Gasteiger partial charge in [-0.2, -0.15) is 0 Å². The summed E-state index contributed by atoms with van der Waals surface area (Å²) in [5.41, 5.74) is 0.887. The molecule has 1 aliphatic carbocycles. The molecule has 1 aromatic rings. The second-order valence-corrected chi connectivity index (χ2v) is 4.38. The van der Waals surface area contributed by atoms with E-state index in [0.717, 1.165) is 25.7 Å². The van der Waals surface area contributed by atoms with Gasteiger partial charge in [-0.15, -0.1) is 0 Å². The number of esters is 1. The van der Waals surface area contributed by atoms with Crippen LogP contribution in [0.25, 0.3) is 0 Å². The van der Waals surface area contributed by atoms with E-state index in [1.807, 2.05) is 0 Å². The maximum absolute atomic E-state index is 12.3. The standard InChI is InChI=1S/C14H16O3/c1-17-14(16)12-9-5-4-8-11(12)13(15)10-6-2-3-7-10/h4-5,8-10H,2-3,6-7H2,1H3. The highest BCUT2D eigenvalue weighted by Gasteiger charge is 2.26. The number of methoxy groups -OCH3 is 1. The Balaban J connectivity index is 2.30. The van der Waals surface area contributed by atoms with Gasteiger partial charge in [0, 0.05) is 11.5 Å². The van der Waals surface area contributed by atoms with Crippen molar-refractivity contribution < 1.29 is 14.3 Å². The van der Waals surface area contributed by atoms with E-state index in [1.165, 1.54) is 7.11 Å². The molecule has 0 N–H and O–H groups in total. The Kier molecular flexibility index (Phi) is 3.57. The number of ether oxygens (including phenoxy) is 1. The zero-order chi connectivity index (χ0) is 12.3. The highest BCUT2D eigenvalue weighted by atomic mass is 16.5. The van der Waals surface area contributed by atoms with E-state index < -0.39 is 5.97 Å². The Hall–Kier alpha value is -1.64. The lowest BCUT2D eigenvalue weighted by molar-refractivity contribution is 0.0596. The van der Waals surface area contributed by atoms with Crippen molar-refractivity contribution in [3.63, 3.8) is 0 Å². The van der Waals surface area contributed by atoms with Crippen LogP contribution in [0, 0.1) is 5.92 Å². The Labute approximate surface area is 101 Å². The van der Waals surface area contributed by atoms with Crippen LogP contribution in [0.1, 0.15) is 46.4 Å². The summed E-state index contributed by atoms with van der Waals surface area (Å²) in [5, 5.41) is 0. The predicted molar refractivity (Wildman–Crippen MR) is 64.1 cm³/mol. The molecule has 3 heteroatoms. The summed E-state index contributed by atoms with van der Waals surface area (Å²) in [6.45, 7) is 0. The first-order valence-electron chi connectivity index (χ1n) is 5.95. The molecule has 0 radical (unpaired) electrons. The van der Waals surface area contributed by atoms with Crippen molar-refractivity contribution in [1.82, 2.24) is 0 Å². The van der Waals surface area contributed by atoms with Gasteiger partial charge in [-0.25, -0.2) is 4.79 Å². The highest BCUT2D eigenvalue weighted by Crippen LogP contribution is 2.29. The second-order valence-electron chi connectivity index (χ2n) is 4.38. The van der Waals surface area contributed by atoms with Crippen LogP contribution in [0.15, 0.2) is 24.3 Å². The molecule has 3 nitrogen and oxygen atoms in total. The fourth-order valence-corrected chi connectivity index (χ4v) is 2.39. The molecule has 0 unspecified atom stereocenters. The van der Waals surface area contributed by atoms with Crippen LogP contribution in [0.4, 0.5) is 0 Å². The first-order valence-corrected chi connectivity index (χ1v) is 5.95. The Morgan fingerprint density at radius 1 is 1.12 bits per heavy atom. The fourth-order valence-electron chi connectivity index (χ4n) is 2.39. The number of benzene rings is 1. The number of rotatable bonds is 3. The molecular formula is C14H16O3. The third-order valence-corrected chi connectivity index (χ3v) is 3.32. The van der Waals surface area contributed by atoms with E-state index in [9.17, 15) is 9.59 Å². The number of hydrogen-bond donors (Lipinski definition) is 0. The molecule has 1 fully saturated rings. The van der Waals surface area contributed by atoms with E-state index in [0.29, 0.717) is 11.1 Å². The molecule has 2 rings (SSSR count). The minimum Gasteiger partial charge on any atom is -0.465 e. The number of carbonyl (C=O) groups excluding carboxylic acids is 2. The van der Waals surface area contributed by atoms with E-state index in [4.69, 9.17) is 4.74 Å². The minimum absolute atomic E-state index is 0.0841. The SMILES string of the molecule is COC(=O)c1ccccc1C(=O)C1CCCC1. The van der Waals surface area contributed by atoms with Gasteiger partial charge in [0.25, 0.3) is 0 Å². The van der Waals surface area contributed by atoms with Crippen molar-refractivity contribution in [1.29, 1.82) is 0 Å². The first-order chi connectivity index (χ1) is 8.24. The Bertz CT molecular complexity index is 431. The van der Waals surface area contributed by atoms with Crippen molar-refractivity contribution >= 4 is 11.8 Å². The third kappa shape index (κ3) is 2.38. The number of ketones is 1. The van der Waals surface area contributed by atoms with Crippen molar-refractivity contribution in [3.8, 4) is 0 Å². The summed E-state index contributed by atoms with van der Waals surface area (Å²) in [4.78, 5) is 23.9. The van der Waals surface area contributed by atoms with Crippen LogP contribution >= 0.6 is 0 Å². The monoisotopic (exact) mass is 232 g/mol. The quantitative estimate of drug-likeness (QED) is 0.594. The Morgan fingerprint density at radius 3 is 2.29 bits per heavy atom. The van der Waals surface area contributed by atoms with Gasteiger partial charge in [-0.05, 0) is 18.9 Å². The fraction of sp³-hybridized carbons (Fsp3) is 0.429. The molecule has 0 bridgehead atoms. The average molecular weight is 232 g/mol. The molecule has 0 aliphatic heterocycles. The van der Waals surface area contributed by atoms with Crippen molar-refractivity contribution in [2.24, 2.45) is 5.92 Å². The van der Waals surface area contributed by atoms with Crippen molar-refractivity contribution in [3.05, 3.63) is 35.4 Å². The van der Waals surface area contributed by atoms with Gasteiger partial charge in [0.05, 0.1) is 12.7 Å². The highest BCUT2D eigenvalue weighted by molar-refractivity contribution is 6.07. The van der Waals surface area contributed by atoms with Gasteiger partial charge >= 0.3 is 5.97 Å². The van der Waals surface area contributed by atoms with Crippen LogP contribution in [0.3, 0.4) is 0 Å². The van der Waals surface area contributed by atoms with Crippen molar-refractivity contribution in [2.75, 3.05) is 7.11 Å². The summed E-state index contributed by atoms with van der Waals surface area (Å²) < 4.78 is 4.70. The van der Waals surface area contributed by atoms with E-state index in [1.54, 1.807) is 24.3 Å². The predicted octanol–water partition coefficient (Wildman–Crippen LogP) is 2.85. The molecule has 0 atom stereocenters. The smallest absolute Gasteiger partial charge is 0.338 e. The zero-order valence-corrected chi connectivity index (χ0v) is 9.94. The normalized spacial score (nSPS) is 15.8. The number of Topliss-reactive ketones (excluding diaryl/α,β-unsaturated/α-hetero) is 1. The van der Waals surface area contributed by atoms with Gasteiger partial charge in [-0.3, -0.25) is 4.79 Å². The molecular weight excluding hydrogens is 216 g/mol. The molecule has 0 spiro atoms. The second kappa shape index (κ2) is 5.13. The maximum atomic E-state index is 12.3. The lowest BCUT2D eigenvalue weighted by Crippen LogP contribution is -2.16. The van der Waals surface area contributed by atoms with Gasteiger partial charge in [0.2, 0.25) is 0 Å². The van der Waals surface area contributed by atoms with Crippen LogP contribution in [0.5, 0.6) is 0 Å². The molecule has 17 heavy (non-hydrogen) atoms. The van der Waals surface area contributed by atoms with E-state index >= 15 is 0 Å². The summed E-state index contributed by atoms with van der Waals surface area (Å²) in [6.07, 6.45) is 4.09.